The lowest BCUT2D eigenvalue weighted by Crippen LogP contribution is -3.00. The Morgan fingerprint density at radius 2 is 0.775 bits per heavy atom. The summed E-state index contributed by atoms with van der Waals surface area (Å²) in [4.78, 5) is 0. The topological polar surface area (TPSA) is 38.7 Å². The largest absolute Gasteiger partial charge is 1.00 e. The Balaban J connectivity index is 0. The molecule has 0 bridgehead atoms. The number of unbranched alkanes of at least 4 members (excludes halogenated alkanes) is 22. The highest BCUT2D eigenvalue weighted by Gasteiger charge is 2.32. The molecule has 0 heterocycles. The van der Waals surface area contributed by atoms with Crippen LogP contribution in [-0.2, 0) is 9.47 Å². The number of hydrogen-bond donors (Lipinski definition) is 1. The summed E-state index contributed by atoms with van der Waals surface area (Å²) in [5.41, 5.74) is 0. The molecule has 4 nitrogen and oxygen atoms in total. The zero-order valence-corrected chi connectivity index (χ0v) is 29.6. The predicted molar refractivity (Wildman–Crippen MR) is 171 cm³/mol. The minimum atomic E-state index is -0.188. The Morgan fingerprint density at radius 3 is 1.05 bits per heavy atom. The average molecular weight is 637 g/mol. The molecule has 0 rings (SSSR count). The van der Waals surface area contributed by atoms with Crippen LogP contribution in [0.1, 0.15) is 175 Å². The molecule has 0 spiro atoms. The third-order valence-corrected chi connectivity index (χ3v) is 8.73. The smallest absolute Gasteiger partial charge is 0.210 e. The molecule has 244 valence electrons. The van der Waals surface area contributed by atoms with E-state index < -0.39 is 0 Å². The number of halogens is 1. The molecule has 0 aliphatic heterocycles. The molecular weight excluding hydrogens is 562 g/mol. The van der Waals surface area contributed by atoms with E-state index >= 15 is 0 Å². The molecule has 0 radical (unpaired) electrons. The summed E-state index contributed by atoms with van der Waals surface area (Å²) in [6.07, 6.45) is 32.5. The normalized spacial score (nSPS) is 12.7. The van der Waals surface area contributed by atoms with Crippen molar-refractivity contribution >= 4 is 0 Å². The highest BCUT2D eigenvalue weighted by molar-refractivity contribution is 4.59. The molecule has 0 aromatic heterocycles. The van der Waals surface area contributed by atoms with Crippen LogP contribution >= 0.6 is 0 Å². The number of ether oxygens (including phenoxy) is 2. The zero-order valence-electron chi connectivity index (χ0n) is 28.0. The van der Waals surface area contributed by atoms with Crippen molar-refractivity contribution in [3.05, 3.63) is 0 Å². The summed E-state index contributed by atoms with van der Waals surface area (Å²) >= 11 is 0. The first kappa shape index (κ1) is 42.5. The van der Waals surface area contributed by atoms with Gasteiger partial charge in [0.05, 0.1) is 20.7 Å². The van der Waals surface area contributed by atoms with Crippen molar-refractivity contribution in [2.45, 2.75) is 187 Å². The van der Waals surface area contributed by atoms with Crippen molar-refractivity contribution in [1.82, 2.24) is 0 Å². The second-order valence-corrected chi connectivity index (χ2v) is 12.9. The maximum atomic E-state index is 9.53. The molecule has 5 heteroatoms. The van der Waals surface area contributed by atoms with Crippen molar-refractivity contribution in [2.24, 2.45) is 0 Å². The van der Waals surface area contributed by atoms with Crippen LogP contribution in [0.5, 0.6) is 0 Å². The second-order valence-electron chi connectivity index (χ2n) is 12.9. The van der Waals surface area contributed by atoms with Gasteiger partial charge in [0, 0.05) is 13.2 Å². The Morgan fingerprint density at radius 1 is 0.500 bits per heavy atom. The maximum Gasteiger partial charge on any atom is 0.210 e. The van der Waals surface area contributed by atoms with Crippen molar-refractivity contribution in [1.29, 1.82) is 0 Å². The van der Waals surface area contributed by atoms with E-state index in [4.69, 9.17) is 9.47 Å². The minimum absolute atomic E-state index is 0. The Kier molecular flexibility index (Phi) is 34.2. The van der Waals surface area contributed by atoms with E-state index in [0.29, 0.717) is 0 Å². The average Bonchev–Trinajstić information content (AvgIpc) is 2.92. The molecule has 0 saturated carbocycles. The number of aliphatic hydroxyl groups is 1. The molecule has 0 saturated heterocycles. The van der Waals surface area contributed by atoms with Crippen LogP contribution in [0, 0.1) is 0 Å². The Bertz CT molecular complexity index is 448. The monoisotopic (exact) mass is 635 g/mol. The number of likely N-dealkylation sites (N-methyl/N-ethyl adjacent to an activating group) is 1. The fourth-order valence-electron chi connectivity index (χ4n) is 5.40. The third kappa shape index (κ3) is 27.2. The van der Waals surface area contributed by atoms with Gasteiger partial charge in [-0.2, -0.15) is 0 Å². The van der Waals surface area contributed by atoms with Crippen LogP contribution in [0.25, 0.3) is 0 Å². The lowest BCUT2D eigenvalue weighted by Gasteiger charge is -2.39. The second kappa shape index (κ2) is 32.2. The van der Waals surface area contributed by atoms with Gasteiger partial charge < -0.3 is 36.0 Å². The summed E-state index contributed by atoms with van der Waals surface area (Å²) in [6.45, 7) is 9.27. The van der Waals surface area contributed by atoms with E-state index in [9.17, 15) is 5.11 Å². The first-order valence-electron chi connectivity index (χ1n) is 17.7. The van der Waals surface area contributed by atoms with Crippen LogP contribution in [0.4, 0.5) is 0 Å². The zero-order chi connectivity index (χ0) is 28.9. The van der Waals surface area contributed by atoms with Gasteiger partial charge in [0.1, 0.15) is 12.6 Å². The van der Waals surface area contributed by atoms with Gasteiger partial charge >= 0.3 is 0 Å². The summed E-state index contributed by atoms with van der Waals surface area (Å²) in [5.74, 6) is 0. The lowest BCUT2D eigenvalue weighted by molar-refractivity contribution is -0.920. The van der Waals surface area contributed by atoms with E-state index in [2.05, 4.69) is 34.9 Å². The highest BCUT2D eigenvalue weighted by atomic mass is 79.9. The molecule has 0 aromatic rings. The Hall–Kier alpha value is 0.320. The quantitative estimate of drug-likeness (QED) is 0.0482. The summed E-state index contributed by atoms with van der Waals surface area (Å²) in [6, 6.07) is 0.201. The Labute approximate surface area is 263 Å². The molecule has 0 fully saturated rings. The van der Waals surface area contributed by atoms with Gasteiger partial charge in [-0.1, -0.05) is 155 Å². The van der Waals surface area contributed by atoms with E-state index in [0.717, 1.165) is 37.1 Å². The third-order valence-electron chi connectivity index (χ3n) is 8.73. The van der Waals surface area contributed by atoms with E-state index in [1.807, 2.05) is 0 Å². The van der Waals surface area contributed by atoms with Crippen LogP contribution in [-0.4, -0.2) is 62.4 Å². The molecule has 0 aliphatic rings. The summed E-state index contributed by atoms with van der Waals surface area (Å²) in [7, 11) is 4.35. The summed E-state index contributed by atoms with van der Waals surface area (Å²) < 4.78 is 13.4. The van der Waals surface area contributed by atoms with Crippen LogP contribution < -0.4 is 17.0 Å². The van der Waals surface area contributed by atoms with Crippen molar-refractivity contribution in [2.75, 3.05) is 40.5 Å². The van der Waals surface area contributed by atoms with Gasteiger partial charge in [-0.05, 0) is 19.8 Å². The molecule has 1 N–H and O–H groups in total. The first-order chi connectivity index (χ1) is 19.0. The van der Waals surface area contributed by atoms with E-state index in [1.165, 1.54) is 141 Å². The van der Waals surface area contributed by atoms with Crippen LogP contribution in [0.3, 0.4) is 0 Å². The molecule has 0 aliphatic carbocycles. The van der Waals surface area contributed by atoms with E-state index in [1.54, 1.807) is 0 Å². The maximum absolute atomic E-state index is 9.53. The van der Waals surface area contributed by atoms with Crippen molar-refractivity contribution < 1.29 is 36.0 Å². The number of nitrogens with zero attached hydrogens (tertiary/aromatic N) is 1. The van der Waals surface area contributed by atoms with Gasteiger partial charge in [-0.25, -0.2) is 0 Å². The number of rotatable bonds is 32. The molecule has 1 atom stereocenters. The fourth-order valence-corrected chi connectivity index (χ4v) is 5.40. The van der Waals surface area contributed by atoms with Gasteiger partial charge in [-0.3, -0.25) is 0 Å². The molecule has 0 amide bonds. The molecule has 40 heavy (non-hydrogen) atoms. The molecule has 0 aromatic carbocycles. The van der Waals surface area contributed by atoms with Crippen molar-refractivity contribution in [3.63, 3.8) is 0 Å². The van der Waals surface area contributed by atoms with Gasteiger partial charge in [-0.15, -0.1) is 0 Å². The van der Waals surface area contributed by atoms with Crippen LogP contribution in [0.2, 0.25) is 0 Å². The predicted octanol–water partition coefficient (Wildman–Crippen LogP) is 7.21. The summed E-state index contributed by atoms with van der Waals surface area (Å²) in [5, 5.41) is 9.53. The minimum Gasteiger partial charge on any atom is -1.00 e. The van der Waals surface area contributed by atoms with Gasteiger partial charge in [0.15, 0.2) is 0 Å². The number of aliphatic hydroxyl groups excluding tert-OH is 1. The molecule has 1 unspecified atom stereocenters. The van der Waals surface area contributed by atoms with Gasteiger partial charge in [0.2, 0.25) is 6.29 Å². The standard InChI is InChI=1S/C35H74NO3.BrH/c1-6-8-10-12-14-16-18-20-22-24-26-28-32-38-35(34(3)36(4,5)30-31-37)39-33-29-27-25-23-21-19-17-15-13-11-9-7-2;/h34-35,37H,6-33H2,1-5H3;1H/q+1;/p-1. The lowest BCUT2D eigenvalue weighted by atomic mass is 10.1. The highest BCUT2D eigenvalue weighted by Crippen LogP contribution is 2.18. The first-order valence-corrected chi connectivity index (χ1v) is 17.7. The van der Waals surface area contributed by atoms with Gasteiger partial charge in [0.25, 0.3) is 0 Å². The fraction of sp³-hybridized carbons (Fsp3) is 1.00. The molecular formula is C35H74BrNO3. The number of quaternary nitrogens is 1. The van der Waals surface area contributed by atoms with Crippen LogP contribution in [0.15, 0.2) is 0 Å². The number of hydrogen-bond acceptors (Lipinski definition) is 3. The SMILES string of the molecule is CCCCCCCCCCCCCCOC(OCCCCCCCCCCCCCC)C(C)[N+](C)(C)CCO.[Br-]. The van der Waals surface area contributed by atoms with E-state index in [-0.39, 0.29) is 35.9 Å². The van der Waals surface area contributed by atoms with Crippen molar-refractivity contribution in [3.8, 4) is 0 Å².